The van der Waals surface area contributed by atoms with Crippen LogP contribution in [0.3, 0.4) is 0 Å². The second-order valence-corrected chi connectivity index (χ2v) is 6.03. The van der Waals surface area contributed by atoms with E-state index in [9.17, 15) is 4.79 Å². The fraction of sp³-hybridized carbons (Fsp3) is 0.929. The lowest BCUT2D eigenvalue weighted by atomic mass is 9.83. The molecule has 1 N–H and O–H groups in total. The van der Waals surface area contributed by atoms with Crippen molar-refractivity contribution in [3.8, 4) is 0 Å². The lowest BCUT2D eigenvalue weighted by molar-refractivity contribution is -0.163. The molecule has 1 rings (SSSR count). The van der Waals surface area contributed by atoms with Crippen molar-refractivity contribution in [3.05, 3.63) is 0 Å². The Hall–Kier alpha value is -0.570. The van der Waals surface area contributed by atoms with E-state index in [0.717, 1.165) is 32.4 Å². The molecule has 100 valence electrons. The standard InChI is InChI=1S/C14H27NO2/c1-11(2)5-6-13(16)17-14(3,4)12-7-9-15-10-8-12/h11-12,15H,5-10H2,1-4H3. The summed E-state index contributed by atoms with van der Waals surface area (Å²) in [5, 5.41) is 3.34. The Bertz CT molecular complexity index is 243. The highest BCUT2D eigenvalue weighted by Crippen LogP contribution is 2.29. The van der Waals surface area contributed by atoms with Gasteiger partial charge in [0.05, 0.1) is 0 Å². The van der Waals surface area contributed by atoms with Crippen molar-refractivity contribution in [1.29, 1.82) is 0 Å². The van der Waals surface area contributed by atoms with Crippen LogP contribution in [-0.4, -0.2) is 24.7 Å². The summed E-state index contributed by atoms with van der Waals surface area (Å²) < 4.78 is 5.66. The smallest absolute Gasteiger partial charge is 0.306 e. The van der Waals surface area contributed by atoms with Crippen LogP contribution in [0.5, 0.6) is 0 Å². The molecular weight excluding hydrogens is 214 g/mol. The van der Waals surface area contributed by atoms with E-state index >= 15 is 0 Å². The highest BCUT2D eigenvalue weighted by atomic mass is 16.6. The fourth-order valence-electron chi connectivity index (χ4n) is 2.35. The van der Waals surface area contributed by atoms with E-state index in [0.29, 0.717) is 18.3 Å². The van der Waals surface area contributed by atoms with Gasteiger partial charge in [-0.15, -0.1) is 0 Å². The summed E-state index contributed by atoms with van der Waals surface area (Å²) in [5.41, 5.74) is -0.309. The second kappa shape index (κ2) is 6.39. The number of carbonyl (C=O) groups is 1. The number of piperidine rings is 1. The highest BCUT2D eigenvalue weighted by Gasteiger charge is 2.33. The van der Waals surface area contributed by atoms with Gasteiger partial charge >= 0.3 is 5.97 Å². The molecule has 0 atom stereocenters. The van der Waals surface area contributed by atoms with Crippen LogP contribution in [0.15, 0.2) is 0 Å². The predicted molar refractivity (Wildman–Crippen MR) is 69.8 cm³/mol. The zero-order valence-corrected chi connectivity index (χ0v) is 11.7. The molecular formula is C14H27NO2. The molecule has 1 aliphatic rings. The van der Waals surface area contributed by atoms with Crippen LogP contribution in [0, 0.1) is 11.8 Å². The average molecular weight is 241 g/mol. The van der Waals surface area contributed by atoms with Gasteiger partial charge < -0.3 is 10.1 Å². The minimum atomic E-state index is -0.309. The molecule has 0 bridgehead atoms. The summed E-state index contributed by atoms with van der Waals surface area (Å²) in [6.45, 7) is 10.4. The van der Waals surface area contributed by atoms with Crippen molar-refractivity contribution in [2.24, 2.45) is 11.8 Å². The Morgan fingerprint density at radius 3 is 2.47 bits per heavy atom. The molecule has 3 heteroatoms. The van der Waals surface area contributed by atoms with Crippen LogP contribution in [0.25, 0.3) is 0 Å². The summed E-state index contributed by atoms with van der Waals surface area (Å²) in [7, 11) is 0. The lowest BCUT2D eigenvalue weighted by Crippen LogP contribution is -2.42. The summed E-state index contributed by atoms with van der Waals surface area (Å²) in [6.07, 6.45) is 3.67. The Morgan fingerprint density at radius 2 is 1.94 bits per heavy atom. The van der Waals surface area contributed by atoms with Gasteiger partial charge in [-0.05, 0) is 52.1 Å². The van der Waals surface area contributed by atoms with Crippen LogP contribution in [-0.2, 0) is 9.53 Å². The second-order valence-electron chi connectivity index (χ2n) is 6.03. The van der Waals surface area contributed by atoms with E-state index in [-0.39, 0.29) is 11.6 Å². The number of nitrogens with one attached hydrogen (secondary N) is 1. The Kier molecular flexibility index (Phi) is 5.44. The Morgan fingerprint density at radius 1 is 1.35 bits per heavy atom. The highest BCUT2D eigenvalue weighted by molar-refractivity contribution is 5.69. The maximum absolute atomic E-state index is 11.8. The van der Waals surface area contributed by atoms with Crippen LogP contribution in [0.4, 0.5) is 0 Å². The third kappa shape index (κ3) is 5.07. The van der Waals surface area contributed by atoms with Crippen molar-refractivity contribution in [2.45, 2.75) is 59.0 Å². The quantitative estimate of drug-likeness (QED) is 0.752. The molecule has 0 unspecified atom stereocenters. The average Bonchev–Trinajstić information content (AvgIpc) is 2.27. The molecule has 0 aromatic heterocycles. The van der Waals surface area contributed by atoms with Gasteiger partial charge in [0.15, 0.2) is 0 Å². The number of carbonyl (C=O) groups excluding carboxylic acids is 1. The maximum Gasteiger partial charge on any atom is 0.306 e. The van der Waals surface area contributed by atoms with Crippen LogP contribution >= 0.6 is 0 Å². The molecule has 1 aliphatic heterocycles. The van der Waals surface area contributed by atoms with Crippen LogP contribution in [0.1, 0.15) is 53.4 Å². The normalized spacial score (nSPS) is 18.4. The van der Waals surface area contributed by atoms with Crippen LogP contribution < -0.4 is 5.32 Å². The monoisotopic (exact) mass is 241 g/mol. The van der Waals surface area contributed by atoms with Crippen molar-refractivity contribution in [1.82, 2.24) is 5.32 Å². The zero-order chi connectivity index (χ0) is 12.9. The van der Waals surface area contributed by atoms with Gasteiger partial charge in [-0.1, -0.05) is 13.8 Å². The van der Waals surface area contributed by atoms with Crippen molar-refractivity contribution >= 4 is 5.97 Å². The van der Waals surface area contributed by atoms with Gasteiger partial charge in [0, 0.05) is 12.3 Å². The first-order valence-corrected chi connectivity index (χ1v) is 6.84. The maximum atomic E-state index is 11.8. The number of ether oxygens (including phenoxy) is 1. The molecule has 0 aliphatic carbocycles. The largest absolute Gasteiger partial charge is 0.459 e. The lowest BCUT2D eigenvalue weighted by Gasteiger charge is -2.36. The van der Waals surface area contributed by atoms with Crippen molar-refractivity contribution in [2.75, 3.05) is 13.1 Å². The molecule has 1 heterocycles. The molecule has 0 aromatic carbocycles. The van der Waals surface area contributed by atoms with Gasteiger partial charge in [-0.2, -0.15) is 0 Å². The van der Waals surface area contributed by atoms with E-state index in [1.807, 2.05) is 0 Å². The van der Waals surface area contributed by atoms with Gasteiger partial charge in [0.1, 0.15) is 5.60 Å². The minimum Gasteiger partial charge on any atom is -0.459 e. The molecule has 17 heavy (non-hydrogen) atoms. The minimum absolute atomic E-state index is 0.0396. The summed E-state index contributed by atoms with van der Waals surface area (Å²) in [6, 6.07) is 0. The first-order chi connectivity index (χ1) is 7.92. The number of hydrogen-bond donors (Lipinski definition) is 1. The molecule has 0 amide bonds. The molecule has 1 saturated heterocycles. The molecule has 1 fully saturated rings. The number of hydrogen-bond acceptors (Lipinski definition) is 3. The first kappa shape index (κ1) is 14.5. The zero-order valence-electron chi connectivity index (χ0n) is 11.7. The van der Waals surface area contributed by atoms with E-state index in [4.69, 9.17) is 4.74 Å². The summed E-state index contributed by atoms with van der Waals surface area (Å²) in [4.78, 5) is 11.8. The predicted octanol–water partition coefficient (Wildman–Crippen LogP) is 2.74. The van der Waals surface area contributed by atoms with Gasteiger partial charge in [-0.3, -0.25) is 4.79 Å². The first-order valence-electron chi connectivity index (χ1n) is 6.84. The fourth-order valence-corrected chi connectivity index (χ4v) is 2.35. The van der Waals surface area contributed by atoms with E-state index < -0.39 is 0 Å². The molecule has 0 saturated carbocycles. The van der Waals surface area contributed by atoms with E-state index in [2.05, 4.69) is 33.0 Å². The summed E-state index contributed by atoms with van der Waals surface area (Å²) in [5.74, 6) is 1.01. The molecule has 0 spiro atoms. The van der Waals surface area contributed by atoms with E-state index in [1.165, 1.54) is 0 Å². The van der Waals surface area contributed by atoms with Crippen LogP contribution in [0.2, 0.25) is 0 Å². The molecule has 3 nitrogen and oxygen atoms in total. The summed E-state index contributed by atoms with van der Waals surface area (Å²) >= 11 is 0. The molecule has 0 aromatic rings. The SMILES string of the molecule is CC(C)CCC(=O)OC(C)(C)C1CCNCC1. The third-order valence-corrected chi connectivity index (χ3v) is 3.63. The van der Waals surface area contributed by atoms with Gasteiger partial charge in [0.25, 0.3) is 0 Å². The third-order valence-electron chi connectivity index (χ3n) is 3.63. The number of esters is 1. The Labute approximate surface area is 105 Å². The molecule has 0 radical (unpaired) electrons. The van der Waals surface area contributed by atoms with Crippen molar-refractivity contribution < 1.29 is 9.53 Å². The Balaban J connectivity index is 2.38. The van der Waals surface area contributed by atoms with Gasteiger partial charge in [0.2, 0.25) is 0 Å². The van der Waals surface area contributed by atoms with E-state index in [1.54, 1.807) is 0 Å². The number of rotatable bonds is 5. The topological polar surface area (TPSA) is 38.3 Å². The van der Waals surface area contributed by atoms with Crippen molar-refractivity contribution in [3.63, 3.8) is 0 Å². The van der Waals surface area contributed by atoms with Gasteiger partial charge in [-0.25, -0.2) is 0 Å².